The van der Waals surface area contributed by atoms with Crippen LogP contribution in [0.15, 0.2) is 6.20 Å². The third kappa shape index (κ3) is 0.665. The largest absolute Gasteiger partial charge is 0.396 e. The zero-order chi connectivity index (χ0) is 6.15. The first-order valence-corrected chi connectivity index (χ1v) is 2.33. The van der Waals surface area contributed by atoms with E-state index in [1.54, 1.807) is 6.20 Å². The summed E-state index contributed by atoms with van der Waals surface area (Å²) in [7, 11) is 3.53. The van der Waals surface area contributed by atoms with Crippen molar-refractivity contribution in [1.82, 2.24) is 9.78 Å². The summed E-state index contributed by atoms with van der Waals surface area (Å²) in [5.41, 5.74) is 6.95. The van der Waals surface area contributed by atoms with Gasteiger partial charge >= 0.3 is 0 Å². The van der Waals surface area contributed by atoms with E-state index in [1.165, 1.54) is 4.68 Å². The first-order valence-electron chi connectivity index (χ1n) is 2.33. The molecule has 1 heterocycles. The Morgan fingerprint density at radius 2 is 2.50 bits per heavy atom. The van der Waals surface area contributed by atoms with Crippen molar-refractivity contribution in [2.75, 3.05) is 5.73 Å². The molecule has 0 fully saturated rings. The predicted octanol–water partition coefficient (Wildman–Crippen LogP) is 0.413. The number of hydrogen-bond donors (Lipinski definition) is 1. The zero-order valence-corrected chi connectivity index (χ0v) is 4.76. The number of nitrogens with zero attached hydrogens (tertiary/aromatic N) is 2. The van der Waals surface area contributed by atoms with Crippen LogP contribution in [0.3, 0.4) is 0 Å². The van der Waals surface area contributed by atoms with Crippen LogP contribution in [0.4, 0.5) is 5.69 Å². The molecule has 0 bridgehead atoms. The summed E-state index contributed by atoms with van der Waals surface area (Å²) >= 11 is 0. The van der Waals surface area contributed by atoms with Gasteiger partial charge in [-0.1, -0.05) is 0 Å². The van der Waals surface area contributed by atoms with E-state index in [4.69, 9.17) is 5.73 Å². The third-order valence-electron chi connectivity index (χ3n) is 0.984. The van der Waals surface area contributed by atoms with Crippen LogP contribution >= 0.6 is 0 Å². The molecular formula is C5H8N3. The minimum Gasteiger partial charge on any atom is -0.396 e. The van der Waals surface area contributed by atoms with Gasteiger partial charge in [-0.25, -0.2) is 0 Å². The van der Waals surface area contributed by atoms with Crippen LogP contribution in [0, 0.1) is 14.0 Å². The molecular weight excluding hydrogens is 102 g/mol. The van der Waals surface area contributed by atoms with Gasteiger partial charge < -0.3 is 5.73 Å². The fourth-order valence-corrected chi connectivity index (χ4v) is 0.533. The summed E-state index contributed by atoms with van der Waals surface area (Å²) in [6.45, 7) is 1.84. The minimum atomic E-state index is 0.694. The van der Waals surface area contributed by atoms with Gasteiger partial charge in [0.05, 0.1) is 18.4 Å². The average Bonchev–Trinajstić information content (AvgIpc) is 1.85. The van der Waals surface area contributed by atoms with Gasteiger partial charge in [0.15, 0.2) is 0 Å². The Kier molecular flexibility index (Phi) is 0.970. The fraction of sp³-hybridized carbons (Fsp3) is 0.200. The SMILES string of the molecule is [CH2]n1cc(N)c(C)n1. The lowest BCUT2D eigenvalue weighted by Gasteiger charge is -1.79. The Morgan fingerprint density at radius 3 is 2.62 bits per heavy atom. The number of anilines is 1. The maximum atomic E-state index is 5.42. The monoisotopic (exact) mass is 110 g/mol. The number of nitrogens with two attached hydrogens (primary N) is 1. The Bertz CT molecular complexity index is 170. The summed E-state index contributed by atoms with van der Waals surface area (Å²) < 4.78 is 1.45. The number of nitrogen functional groups attached to an aromatic ring is 1. The molecule has 0 aliphatic carbocycles. The lowest BCUT2D eigenvalue weighted by Crippen LogP contribution is -1.83. The first-order chi connectivity index (χ1) is 3.70. The maximum Gasteiger partial charge on any atom is 0.0822 e. The highest BCUT2D eigenvalue weighted by Crippen LogP contribution is 2.04. The topological polar surface area (TPSA) is 43.8 Å². The van der Waals surface area contributed by atoms with E-state index < -0.39 is 0 Å². The van der Waals surface area contributed by atoms with Gasteiger partial charge in [-0.15, -0.1) is 0 Å². The normalized spacial score (nSPS) is 9.75. The average molecular weight is 110 g/mol. The second-order valence-electron chi connectivity index (χ2n) is 1.71. The van der Waals surface area contributed by atoms with Crippen molar-refractivity contribution in [2.45, 2.75) is 6.92 Å². The van der Waals surface area contributed by atoms with E-state index in [0.717, 1.165) is 5.69 Å². The lowest BCUT2D eigenvalue weighted by atomic mass is 10.4. The van der Waals surface area contributed by atoms with Crippen molar-refractivity contribution < 1.29 is 0 Å². The van der Waals surface area contributed by atoms with Crippen LogP contribution in [0.25, 0.3) is 0 Å². The molecule has 0 amide bonds. The third-order valence-corrected chi connectivity index (χ3v) is 0.984. The summed E-state index contributed by atoms with van der Waals surface area (Å²) in [6.07, 6.45) is 1.68. The molecule has 1 rings (SSSR count). The standard InChI is InChI=1S/C5H8N3/c1-4-5(6)3-8(2)7-4/h3H,2,6H2,1H3. The molecule has 0 spiro atoms. The molecule has 8 heavy (non-hydrogen) atoms. The van der Waals surface area contributed by atoms with E-state index in [-0.39, 0.29) is 0 Å². The molecule has 0 aliphatic rings. The van der Waals surface area contributed by atoms with Crippen LogP contribution in [-0.4, -0.2) is 9.78 Å². The summed E-state index contributed by atoms with van der Waals surface area (Å²) in [5, 5.41) is 3.89. The number of aromatic nitrogens is 2. The quantitative estimate of drug-likeness (QED) is 0.525. The van der Waals surface area contributed by atoms with E-state index in [1.807, 2.05) is 6.92 Å². The van der Waals surface area contributed by atoms with Crippen molar-refractivity contribution >= 4 is 5.69 Å². The van der Waals surface area contributed by atoms with E-state index in [2.05, 4.69) is 12.1 Å². The molecule has 43 valence electrons. The van der Waals surface area contributed by atoms with Crippen molar-refractivity contribution in [3.8, 4) is 0 Å². The van der Waals surface area contributed by atoms with Crippen LogP contribution in [0.2, 0.25) is 0 Å². The highest BCUT2D eigenvalue weighted by Gasteiger charge is 1.93. The van der Waals surface area contributed by atoms with Crippen LogP contribution in [0.1, 0.15) is 5.69 Å². The summed E-state index contributed by atoms with van der Waals surface area (Å²) in [4.78, 5) is 0. The minimum absolute atomic E-state index is 0.694. The summed E-state index contributed by atoms with van der Waals surface area (Å²) in [5.74, 6) is 0. The maximum absolute atomic E-state index is 5.42. The molecule has 0 atom stereocenters. The molecule has 0 saturated carbocycles. The molecule has 1 aromatic heterocycles. The van der Waals surface area contributed by atoms with Gasteiger partial charge in [0.2, 0.25) is 0 Å². The molecule has 0 unspecified atom stereocenters. The van der Waals surface area contributed by atoms with Crippen LogP contribution in [0.5, 0.6) is 0 Å². The van der Waals surface area contributed by atoms with Crippen LogP contribution < -0.4 is 5.73 Å². The second-order valence-corrected chi connectivity index (χ2v) is 1.71. The van der Waals surface area contributed by atoms with Crippen molar-refractivity contribution in [3.05, 3.63) is 18.9 Å². The van der Waals surface area contributed by atoms with Crippen molar-refractivity contribution in [3.63, 3.8) is 0 Å². The van der Waals surface area contributed by atoms with E-state index in [9.17, 15) is 0 Å². The molecule has 3 nitrogen and oxygen atoms in total. The summed E-state index contributed by atoms with van der Waals surface area (Å²) in [6, 6.07) is 0. The van der Waals surface area contributed by atoms with Crippen LogP contribution in [-0.2, 0) is 0 Å². The van der Waals surface area contributed by atoms with Crippen molar-refractivity contribution in [2.24, 2.45) is 0 Å². The van der Waals surface area contributed by atoms with E-state index >= 15 is 0 Å². The zero-order valence-electron chi connectivity index (χ0n) is 4.76. The van der Waals surface area contributed by atoms with Gasteiger partial charge in [0.1, 0.15) is 0 Å². The highest BCUT2D eigenvalue weighted by molar-refractivity contribution is 5.39. The Balaban J connectivity index is 3.14. The smallest absolute Gasteiger partial charge is 0.0822 e. The predicted molar refractivity (Wildman–Crippen MR) is 32.1 cm³/mol. The second kappa shape index (κ2) is 1.51. The molecule has 3 heteroatoms. The van der Waals surface area contributed by atoms with Gasteiger partial charge in [-0.2, -0.15) is 5.10 Å². The number of hydrogen-bond acceptors (Lipinski definition) is 2. The van der Waals surface area contributed by atoms with E-state index in [0.29, 0.717) is 5.69 Å². The molecule has 0 aromatic carbocycles. The van der Waals surface area contributed by atoms with Gasteiger partial charge in [0, 0.05) is 6.20 Å². The Labute approximate surface area is 48.1 Å². The van der Waals surface area contributed by atoms with Crippen molar-refractivity contribution in [1.29, 1.82) is 0 Å². The molecule has 1 aromatic rings. The number of aryl methyl sites for hydroxylation is 1. The highest BCUT2D eigenvalue weighted by atomic mass is 15.3. The van der Waals surface area contributed by atoms with Gasteiger partial charge in [-0.3, -0.25) is 4.68 Å². The molecule has 0 saturated heterocycles. The van der Waals surface area contributed by atoms with Gasteiger partial charge in [-0.05, 0) is 6.92 Å². The fourth-order valence-electron chi connectivity index (χ4n) is 0.533. The Hall–Kier alpha value is -0.990. The van der Waals surface area contributed by atoms with Gasteiger partial charge in [0.25, 0.3) is 0 Å². The Morgan fingerprint density at radius 1 is 1.88 bits per heavy atom. The molecule has 1 radical (unpaired) electrons. The molecule has 0 aliphatic heterocycles. The number of rotatable bonds is 0. The lowest BCUT2D eigenvalue weighted by molar-refractivity contribution is 0.859. The molecule has 2 N–H and O–H groups in total. The first kappa shape index (κ1) is 5.15.